The molecule has 2 saturated heterocycles. The molecule has 0 spiro atoms. The molecular formula is C20H28ClN3O2. The summed E-state index contributed by atoms with van der Waals surface area (Å²) in [5, 5.41) is 3.73. The zero-order valence-corrected chi connectivity index (χ0v) is 16.0. The number of nitrogens with zero attached hydrogens (tertiary/aromatic N) is 2. The zero-order valence-electron chi connectivity index (χ0n) is 15.3. The van der Waals surface area contributed by atoms with E-state index in [0.717, 1.165) is 62.4 Å². The van der Waals surface area contributed by atoms with E-state index in [1.165, 1.54) is 0 Å². The molecule has 3 rings (SSSR count). The standard InChI is InChI=1S/C20H28ClN3O2/c21-18-4-1-3-16(13-18)6-9-22-19(25)15-23-11-7-17(8-12-23)14-24-10-2-5-20(24)26/h1,3-4,13,17H,2,5-12,14-15H2,(H,22,25). The van der Waals surface area contributed by atoms with E-state index in [4.69, 9.17) is 11.6 Å². The summed E-state index contributed by atoms with van der Waals surface area (Å²) < 4.78 is 0. The normalized spacial score (nSPS) is 19.1. The lowest BCUT2D eigenvalue weighted by atomic mass is 9.96. The van der Waals surface area contributed by atoms with Crippen LogP contribution in [0.25, 0.3) is 0 Å². The highest BCUT2D eigenvalue weighted by molar-refractivity contribution is 6.30. The van der Waals surface area contributed by atoms with Crippen molar-refractivity contribution in [2.75, 3.05) is 39.3 Å². The highest BCUT2D eigenvalue weighted by Gasteiger charge is 2.26. The predicted octanol–water partition coefficient (Wildman–Crippen LogP) is 2.33. The second-order valence-electron chi connectivity index (χ2n) is 7.39. The molecule has 0 unspecified atom stereocenters. The molecule has 0 radical (unpaired) electrons. The van der Waals surface area contributed by atoms with Gasteiger partial charge >= 0.3 is 0 Å². The summed E-state index contributed by atoms with van der Waals surface area (Å²) in [4.78, 5) is 28.1. The Balaban J connectivity index is 1.31. The first kappa shape index (κ1) is 19.2. The van der Waals surface area contributed by atoms with Gasteiger partial charge in [0.1, 0.15) is 0 Å². The smallest absolute Gasteiger partial charge is 0.234 e. The minimum absolute atomic E-state index is 0.0835. The molecule has 1 N–H and O–H groups in total. The SMILES string of the molecule is O=C(CN1CCC(CN2CCCC2=O)CC1)NCCc1cccc(Cl)c1. The third-order valence-electron chi connectivity index (χ3n) is 5.35. The lowest BCUT2D eigenvalue weighted by molar-refractivity contribution is -0.128. The van der Waals surface area contributed by atoms with Gasteiger partial charge in [-0.15, -0.1) is 0 Å². The Labute approximate surface area is 160 Å². The topological polar surface area (TPSA) is 52.7 Å². The molecule has 0 saturated carbocycles. The number of benzene rings is 1. The summed E-state index contributed by atoms with van der Waals surface area (Å²) in [5.74, 6) is 0.978. The second-order valence-corrected chi connectivity index (χ2v) is 7.83. The molecule has 0 aliphatic carbocycles. The van der Waals surface area contributed by atoms with Crippen LogP contribution in [0.2, 0.25) is 5.02 Å². The Bertz CT molecular complexity index is 629. The van der Waals surface area contributed by atoms with Crippen LogP contribution in [0.1, 0.15) is 31.2 Å². The molecule has 2 heterocycles. The van der Waals surface area contributed by atoms with E-state index in [1.54, 1.807) is 0 Å². The predicted molar refractivity (Wildman–Crippen MR) is 103 cm³/mol. The Hall–Kier alpha value is -1.59. The molecule has 0 aromatic heterocycles. The van der Waals surface area contributed by atoms with Crippen molar-refractivity contribution in [2.45, 2.75) is 32.1 Å². The molecule has 0 bridgehead atoms. The summed E-state index contributed by atoms with van der Waals surface area (Å²) in [7, 11) is 0. The summed E-state index contributed by atoms with van der Waals surface area (Å²) in [6.45, 7) is 4.80. The number of halogens is 1. The van der Waals surface area contributed by atoms with Crippen LogP contribution < -0.4 is 5.32 Å². The Morgan fingerprint density at radius 1 is 1.23 bits per heavy atom. The van der Waals surface area contributed by atoms with Crippen LogP contribution in [0.5, 0.6) is 0 Å². The summed E-state index contributed by atoms with van der Waals surface area (Å²) in [5.41, 5.74) is 1.13. The first-order valence-electron chi connectivity index (χ1n) is 9.61. The van der Waals surface area contributed by atoms with Gasteiger partial charge in [-0.2, -0.15) is 0 Å². The average molecular weight is 378 g/mol. The van der Waals surface area contributed by atoms with Crippen molar-refractivity contribution in [3.05, 3.63) is 34.9 Å². The lowest BCUT2D eigenvalue weighted by Crippen LogP contribution is -2.43. The quantitative estimate of drug-likeness (QED) is 0.793. The maximum atomic E-state index is 12.1. The fourth-order valence-electron chi connectivity index (χ4n) is 3.83. The maximum Gasteiger partial charge on any atom is 0.234 e. The molecule has 26 heavy (non-hydrogen) atoms. The summed E-state index contributed by atoms with van der Waals surface area (Å²) in [6.07, 6.45) is 4.65. The third-order valence-corrected chi connectivity index (χ3v) is 5.58. The van der Waals surface area contributed by atoms with E-state index in [-0.39, 0.29) is 5.91 Å². The van der Waals surface area contributed by atoms with Crippen molar-refractivity contribution in [3.63, 3.8) is 0 Å². The molecular weight excluding hydrogens is 350 g/mol. The number of nitrogens with one attached hydrogen (secondary N) is 1. The number of amides is 2. The Kier molecular flexibility index (Phi) is 6.92. The Morgan fingerprint density at radius 2 is 2.04 bits per heavy atom. The van der Waals surface area contributed by atoms with Gasteiger partial charge in [0.2, 0.25) is 11.8 Å². The minimum Gasteiger partial charge on any atom is -0.355 e. The number of likely N-dealkylation sites (tertiary alicyclic amines) is 2. The van der Waals surface area contributed by atoms with Crippen LogP contribution in [0.3, 0.4) is 0 Å². The number of hydrogen-bond donors (Lipinski definition) is 1. The van der Waals surface area contributed by atoms with Crippen molar-refractivity contribution >= 4 is 23.4 Å². The second kappa shape index (κ2) is 9.38. The van der Waals surface area contributed by atoms with Gasteiger partial charge in [0.15, 0.2) is 0 Å². The first-order chi connectivity index (χ1) is 12.6. The third kappa shape index (κ3) is 5.71. The van der Waals surface area contributed by atoms with Gasteiger partial charge in [-0.05, 0) is 62.4 Å². The Morgan fingerprint density at radius 3 is 2.73 bits per heavy atom. The van der Waals surface area contributed by atoms with Crippen molar-refractivity contribution in [1.82, 2.24) is 15.1 Å². The van der Waals surface area contributed by atoms with Gasteiger partial charge in [-0.25, -0.2) is 0 Å². The van der Waals surface area contributed by atoms with E-state index >= 15 is 0 Å². The molecule has 142 valence electrons. The van der Waals surface area contributed by atoms with Crippen molar-refractivity contribution in [2.24, 2.45) is 5.92 Å². The van der Waals surface area contributed by atoms with E-state index in [0.29, 0.717) is 31.3 Å². The molecule has 2 fully saturated rings. The molecule has 2 amide bonds. The van der Waals surface area contributed by atoms with Crippen LogP contribution in [-0.2, 0) is 16.0 Å². The van der Waals surface area contributed by atoms with Gasteiger partial charge < -0.3 is 10.2 Å². The van der Waals surface area contributed by atoms with E-state index < -0.39 is 0 Å². The van der Waals surface area contributed by atoms with Gasteiger partial charge in [0.25, 0.3) is 0 Å². The molecule has 5 nitrogen and oxygen atoms in total. The average Bonchev–Trinajstić information content (AvgIpc) is 3.01. The van der Waals surface area contributed by atoms with Crippen LogP contribution >= 0.6 is 11.6 Å². The number of rotatable bonds is 7. The molecule has 1 aromatic rings. The van der Waals surface area contributed by atoms with Gasteiger partial charge in [0.05, 0.1) is 6.54 Å². The summed E-state index contributed by atoms with van der Waals surface area (Å²) >= 11 is 5.97. The summed E-state index contributed by atoms with van der Waals surface area (Å²) in [6, 6.07) is 7.74. The van der Waals surface area contributed by atoms with Gasteiger partial charge in [-0.3, -0.25) is 14.5 Å². The largest absolute Gasteiger partial charge is 0.355 e. The first-order valence-corrected chi connectivity index (χ1v) is 9.99. The molecule has 2 aliphatic rings. The van der Waals surface area contributed by atoms with Crippen molar-refractivity contribution in [3.8, 4) is 0 Å². The molecule has 2 aliphatic heterocycles. The van der Waals surface area contributed by atoms with Crippen molar-refractivity contribution < 1.29 is 9.59 Å². The van der Waals surface area contributed by atoms with E-state index in [1.807, 2.05) is 29.2 Å². The van der Waals surface area contributed by atoms with Crippen LogP contribution in [-0.4, -0.2) is 60.9 Å². The fraction of sp³-hybridized carbons (Fsp3) is 0.600. The number of carbonyl (C=O) groups is 2. The highest BCUT2D eigenvalue weighted by Crippen LogP contribution is 2.21. The minimum atomic E-state index is 0.0835. The lowest BCUT2D eigenvalue weighted by Gasteiger charge is -2.33. The maximum absolute atomic E-state index is 12.1. The zero-order chi connectivity index (χ0) is 18.4. The molecule has 6 heteroatoms. The van der Waals surface area contributed by atoms with Crippen LogP contribution in [0, 0.1) is 5.92 Å². The monoisotopic (exact) mass is 377 g/mol. The number of piperidine rings is 1. The van der Waals surface area contributed by atoms with Crippen LogP contribution in [0.15, 0.2) is 24.3 Å². The van der Waals surface area contributed by atoms with E-state index in [9.17, 15) is 9.59 Å². The number of carbonyl (C=O) groups excluding carboxylic acids is 2. The highest BCUT2D eigenvalue weighted by atomic mass is 35.5. The van der Waals surface area contributed by atoms with Crippen molar-refractivity contribution in [1.29, 1.82) is 0 Å². The number of hydrogen-bond acceptors (Lipinski definition) is 3. The van der Waals surface area contributed by atoms with E-state index in [2.05, 4.69) is 10.2 Å². The molecule has 0 atom stereocenters. The molecule has 1 aromatic carbocycles. The van der Waals surface area contributed by atoms with Gasteiger partial charge in [0, 0.05) is 31.1 Å². The van der Waals surface area contributed by atoms with Crippen LogP contribution in [0.4, 0.5) is 0 Å². The van der Waals surface area contributed by atoms with Gasteiger partial charge in [-0.1, -0.05) is 23.7 Å². The fourth-order valence-corrected chi connectivity index (χ4v) is 4.05.